The van der Waals surface area contributed by atoms with E-state index in [1.165, 1.54) is 11.1 Å². The number of rotatable bonds is 5. The maximum atomic E-state index is 3.59. The molecule has 0 heterocycles. The first-order chi connectivity index (χ1) is 11.3. The molecule has 3 rings (SSSR count). The van der Waals surface area contributed by atoms with E-state index in [2.05, 4.69) is 94.1 Å². The maximum absolute atomic E-state index is 3.59. The second-order valence-corrected chi connectivity index (χ2v) is 6.23. The molecule has 1 atom stereocenters. The molecule has 1 unspecified atom stereocenters. The zero-order valence-electron chi connectivity index (χ0n) is 12.7. The van der Waals surface area contributed by atoms with Crippen molar-refractivity contribution in [2.24, 2.45) is 0 Å². The first kappa shape index (κ1) is 15.6. The SMILES string of the molecule is Brc1ccc(NC(C=Cc2ccccc2)c2ccccc2)cc1. The molecule has 23 heavy (non-hydrogen) atoms. The highest BCUT2D eigenvalue weighted by atomic mass is 79.9. The average molecular weight is 364 g/mol. The molecule has 0 bridgehead atoms. The van der Waals surface area contributed by atoms with Crippen LogP contribution in [0.5, 0.6) is 0 Å². The summed E-state index contributed by atoms with van der Waals surface area (Å²) in [5.41, 5.74) is 3.54. The van der Waals surface area contributed by atoms with Gasteiger partial charge < -0.3 is 5.32 Å². The van der Waals surface area contributed by atoms with Crippen molar-refractivity contribution < 1.29 is 0 Å². The molecule has 0 aliphatic rings. The lowest BCUT2D eigenvalue weighted by atomic mass is 10.0. The highest BCUT2D eigenvalue weighted by Crippen LogP contribution is 2.23. The standard InChI is InChI=1S/C21H18BrN/c22-19-12-14-20(15-13-19)23-21(18-9-5-2-6-10-18)16-11-17-7-3-1-4-8-17/h1-16,21,23H. The lowest BCUT2D eigenvalue weighted by Gasteiger charge is -2.17. The predicted octanol–water partition coefficient (Wildman–Crippen LogP) is 6.32. The summed E-state index contributed by atoms with van der Waals surface area (Å²) in [6.07, 6.45) is 4.36. The Balaban J connectivity index is 1.85. The van der Waals surface area contributed by atoms with Crippen LogP contribution in [-0.4, -0.2) is 0 Å². The van der Waals surface area contributed by atoms with Crippen LogP contribution < -0.4 is 5.32 Å². The highest BCUT2D eigenvalue weighted by molar-refractivity contribution is 9.10. The number of nitrogens with one attached hydrogen (secondary N) is 1. The van der Waals surface area contributed by atoms with Gasteiger partial charge in [0.25, 0.3) is 0 Å². The van der Waals surface area contributed by atoms with Crippen molar-refractivity contribution in [1.82, 2.24) is 0 Å². The van der Waals surface area contributed by atoms with E-state index in [1.807, 2.05) is 24.3 Å². The van der Waals surface area contributed by atoms with Gasteiger partial charge in [0.05, 0.1) is 6.04 Å². The Kier molecular flexibility index (Phi) is 5.28. The molecule has 3 aromatic carbocycles. The normalized spacial score (nSPS) is 12.2. The molecule has 0 fully saturated rings. The number of hydrogen-bond donors (Lipinski definition) is 1. The Morgan fingerprint density at radius 3 is 2.00 bits per heavy atom. The fourth-order valence-corrected chi connectivity index (χ4v) is 2.66. The van der Waals surface area contributed by atoms with E-state index in [0.717, 1.165) is 10.2 Å². The summed E-state index contributed by atoms with van der Waals surface area (Å²) in [6, 6.07) is 29.2. The third-order valence-electron chi connectivity index (χ3n) is 3.61. The van der Waals surface area contributed by atoms with Crippen LogP contribution in [0.1, 0.15) is 17.2 Å². The van der Waals surface area contributed by atoms with Crippen LogP contribution in [0.4, 0.5) is 5.69 Å². The molecule has 3 aromatic rings. The van der Waals surface area contributed by atoms with Gasteiger partial charge in [0, 0.05) is 10.2 Å². The lowest BCUT2D eigenvalue weighted by Crippen LogP contribution is -2.07. The van der Waals surface area contributed by atoms with Crippen molar-refractivity contribution in [3.63, 3.8) is 0 Å². The van der Waals surface area contributed by atoms with Crippen LogP contribution in [0.25, 0.3) is 6.08 Å². The number of halogens is 1. The van der Waals surface area contributed by atoms with Crippen LogP contribution in [-0.2, 0) is 0 Å². The summed E-state index contributed by atoms with van der Waals surface area (Å²) < 4.78 is 1.08. The van der Waals surface area contributed by atoms with Gasteiger partial charge in [0.2, 0.25) is 0 Å². The maximum Gasteiger partial charge on any atom is 0.0701 e. The minimum Gasteiger partial charge on any atom is -0.375 e. The molecule has 1 nitrogen and oxygen atoms in total. The first-order valence-electron chi connectivity index (χ1n) is 7.61. The molecule has 2 heteroatoms. The number of anilines is 1. The molecular formula is C21H18BrN. The van der Waals surface area contributed by atoms with Crippen LogP contribution in [0.15, 0.2) is 95.5 Å². The zero-order valence-corrected chi connectivity index (χ0v) is 14.3. The number of hydrogen-bond acceptors (Lipinski definition) is 1. The third kappa shape index (κ3) is 4.57. The van der Waals surface area contributed by atoms with Crippen molar-refractivity contribution in [3.8, 4) is 0 Å². The molecule has 0 saturated heterocycles. The van der Waals surface area contributed by atoms with Crippen molar-refractivity contribution in [3.05, 3.63) is 107 Å². The minimum absolute atomic E-state index is 0.123. The van der Waals surface area contributed by atoms with Crippen molar-refractivity contribution in [2.75, 3.05) is 5.32 Å². The Labute approximate surface area is 145 Å². The molecule has 0 radical (unpaired) electrons. The zero-order chi connectivity index (χ0) is 15.9. The second-order valence-electron chi connectivity index (χ2n) is 5.31. The third-order valence-corrected chi connectivity index (χ3v) is 4.13. The summed E-state index contributed by atoms with van der Waals surface area (Å²) >= 11 is 3.48. The predicted molar refractivity (Wildman–Crippen MR) is 102 cm³/mol. The molecule has 0 spiro atoms. The Morgan fingerprint density at radius 1 is 0.739 bits per heavy atom. The van der Waals surface area contributed by atoms with Gasteiger partial charge in [-0.1, -0.05) is 88.7 Å². The second kappa shape index (κ2) is 7.80. The van der Waals surface area contributed by atoms with E-state index >= 15 is 0 Å². The van der Waals surface area contributed by atoms with E-state index < -0.39 is 0 Å². The largest absolute Gasteiger partial charge is 0.375 e. The summed E-state index contributed by atoms with van der Waals surface area (Å²) in [7, 11) is 0. The van der Waals surface area contributed by atoms with Gasteiger partial charge in [-0.3, -0.25) is 0 Å². The highest BCUT2D eigenvalue weighted by Gasteiger charge is 2.07. The fourth-order valence-electron chi connectivity index (χ4n) is 2.40. The van der Waals surface area contributed by atoms with Gasteiger partial charge in [-0.15, -0.1) is 0 Å². The fraction of sp³-hybridized carbons (Fsp3) is 0.0476. The summed E-state index contributed by atoms with van der Waals surface area (Å²) in [4.78, 5) is 0. The van der Waals surface area contributed by atoms with E-state index in [1.54, 1.807) is 0 Å². The Bertz CT molecular complexity index is 749. The van der Waals surface area contributed by atoms with Crippen LogP contribution in [0, 0.1) is 0 Å². The van der Waals surface area contributed by atoms with Gasteiger partial charge in [-0.25, -0.2) is 0 Å². The minimum atomic E-state index is 0.123. The van der Waals surface area contributed by atoms with Crippen molar-refractivity contribution in [2.45, 2.75) is 6.04 Å². The monoisotopic (exact) mass is 363 g/mol. The molecule has 0 aliphatic heterocycles. The molecule has 1 N–H and O–H groups in total. The molecule has 114 valence electrons. The lowest BCUT2D eigenvalue weighted by molar-refractivity contribution is 0.989. The average Bonchev–Trinajstić information content (AvgIpc) is 2.62. The van der Waals surface area contributed by atoms with Crippen LogP contribution >= 0.6 is 15.9 Å². The molecule has 0 amide bonds. The van der Waals surface area contributed by atoms with E-state index in [9.17, 15) is 0 Å². The van der Waals surface area contributed by atoms with Gasteiger partial charge >= 0.3 is 0 Å². The van der Waals surface area contributed by atoms with Crippen molar-refractivity contribution >= 4 is 27.7 Å². The summed E-state index contributed by atoms with van der Waals surface area (Å²) in [5.74, 6) is 0. The van der Waals surface area contributed by atoms with E-state index in [-0.39, 0.29) is 6.04 Å². The van der Waals surface area contributed by atoms with Gasteiger partial charge in [0.1, 0.15) is 0 Å². The summed E-state index contributed by atoms with van der Waals surface area (Å²) in [5, 5.41) is 3.59. The van der Waals surface area contributed by atoms with Gasteiger partial charge in [-0.2, -0.15) is 0 Å². The van der Waals surface area contributed by atoms with Crippen molar-refractivity contribution in [1.29, 1.82) is 0 Å². The number of benzene rings is 3. The van der Waals surface area contributed by atoms with E-state index in [4.69, 9.17) is 0 Å². The summed E-state index contributed by atoms with van der Waals surface area (Å²) in [6.45, 7) is 0. The molecule has 0 aliphatic carbocycles. The van der Waals surface area contributed by atoms with Gasteiger partial charge in [-0.05, 0) is 35.4 Å². The van der Waals surface area contributed by atoms with Crippen LogP contribution in [0.2, 0.25) is 0 Å². The first-order valence-corrected chi connectivity index (χ1v) is 8.41. The molecule has 0 aromatic heterocycles. The molecule has 0 saturated carbocycles. The quantitative estimate of drug-likeness (QED) is 0.559. The smallest absolute Gasteiger partial charge is 0.0701 e. The molecular weight excluding hydrogens is 346 g/mol. The van der Waals surface area contributed by atoms with Gasteiger partial charge in [0.15, 0.2) is 0 Å². The topological polar surface area (TPSA) is 12.0 Å². The Morgan fingerprint density at radius 2 is 1.35 bits per heavy atom. The van der Waals surface area contributed by atoms with Crippen LogP contribution in [0.3, 0.4) is 0 Å². The van der Waals surface area contributed by atoms with E-state index in [0.29, 0.717) is 0 Å². The Hall–Kier alpha value is -2.32.